The van der Waals surface area contributed by atoms with Crippen LogP contribution < -0.4 is 0 Å². The maximum Gasteiger partial charge on any atom is 0.270 e. The Bertz CT molecular complexity index is 1170. The summed E-state index contributed by atoms with van der Waals surface area (Å²) in [7, 11) is 0. The number of carbonyl (C=O) groups excluding carboxylic acids is 1. The fourth-order valence-electron chi connectivity index (χ4n) is 4.12. The van der Waals surface area contributed by atoms with Crippen LogP contribution in [0.4, 0.5) is 5.69 Å². The van der Waals surface area contributed by atoms with Crippen LogP contribution in [0.3, 0.4) is 0 Å². The molecule has 0 unspecified atom stereocenters. The van der Waals surface area contributed by atoms with Gasteiger partial charge in [0.15, 0.2) is 5.78 Å². The molecule has 158 valence electrons. The van der Waals surface area contributed by atoms with Gasteiger partial charge in [-0.05, 0) is 49.6 Å². The van der Waals surface area contributed by atoms with Crippen molar-refractivity contribution >= 4 is 22.4 Å². The summed E-state index contributed by atoms with van der Waals surface area (Å²) in [4.78, 5) is 24.2. The van der Waals surface area contributed by atoms with E-state index in [9.17, 15) is 14.9 Å². The molecule has 0 radical (unpaired) electrons. The Hall–Kier alpha value is -3.39. The van der Waals surface area contributed by atoms with Crippen LogP contribution in [0.5, 0.6) is 0 Å². The highest BCUT2D eigenvalue weighted by molar-refractivity contribution is 6.17. The molecular formula is C26H25NO4. The van der Waals surface area contributed by atoms with Crippen molar-refractivity contribution in [3.63, 3.8) is 0 Å². The molecule has 1 aliphatic rings. The minimum Gasteiger partial charge on any atom is -0.460 e. The number of unbranched alkanes of at least 4 members (excludes halogenated alkanes) is 1. The van der Waals surface area contributed by atoms with E-state index in [1.54, 1.807) is 18.2 Å². The van der Waals surface area contributed by atoms with Crippen molar-refractivity contribution in [3.8, 4) is 11.8 Å². The lowest BCUT2D eigenvalue weighted by Gasteiger charge is -2.04. The van der Waals surface area contributed by atoms with Crippen molar-refractivity contribution in [1.82, 2.24) is 0 Å². The molecule has 1 heterocycles. The fourth-order valence-corrected chi connectivity index (χ4v) is 4.12. The number of benzene rings is 2. The van der Waals surface area contributed by atoms with E-state index in [1.807, 2.05) is 12.1 Å². The van der Waals surface area contributed by atoms with Gasteiger partial charge in [-0.2, -0.15) is 0 Å². The molecule has 0 bridgehead atoms. The third-order valence-corrected chi connectivity index (χ3v) is 5.86. The van der Waals surface area contributed by atoms with Gasteiger partial charge in [-0.15, -0.1) is 0 Å². The van der Waals surface area contributed by atoms with E-state index < -0.39 is 4.92 Å². The summed E-state index contributed by atoms with van der Waals surface area (Å²) in [6.45, 7) is 2.07. The van der Waals surface area contributed by atoms with Gasteiger partial charge in [-0.25, -0.2) is 0 Å². The minimum atomic E-state index is -0.454. The monoisotopic (exact) mass is 415 g/mol. The largest absolute Gasteiger partial charge is 0.460 e. The summed E-state index contributed by atoms with van der Waals surface area (Å²) in [5.41, 5.74) is 2.29. The summed E-state index contributed by atoms with van der Waals surface area (Å²) in [5.74, 6) is 7.45. The van der Waals surface area contributed by atoms with Crippen molar-refractivity contribution in [3.05, 3.63) is 75.0 Å². The van der Waals surface area contributed by atoms with Crippen molar-refractivity contribution < 1.29 is 14.1 Å². The highest BCUT2D eigenvalue weighted by Crippen LogP contribution is 2.32. The Morgan fingerprint density at radius 3 is 2.58 bits per heavy atom. The van der Waals surface area contributed by atoms with Gasteiger partial charge < -0.3 is 4.42 Å². The number of fused-ring (bicyclic) bond motifs is 1. The van der Waals surface area contributed by atoms with Gasteiger partial charge in [-0.1, -0.05) is 38.0 Å². The normalized spacial score (nSPS) is 13.8. The number of furan rings is 1. The summed E-state index contributed by atoms with van der Waals surface area (Å²) < 4.78 is 5.93. The molecule has 1 fully saturated rings. The van der Waals surface area contributed by atoms with Crippen LogP contribution >= 0.6 is 0 Å². The molecule has 0 saturated heterocycles. The highest BCUT2D eigenvalue weighted by atomic mass is 16.6. The number of ketones is 1. The van der Waals surface area contributed by atoms with Crippen LogP contribution in [-0.4, -0.2) is 10.7 Å². The maximum atomic E-state index is 13.4. The molecule has 0 amide bonds. The number of carbonyl (C=O) groups is 1. The Morgan fingerprint density at radius 2 is 1.90 bits per heavy atom. The Morgan fingerprint density at radius 1 is 1.16 bits per heavy atom. The molecule has 2 aromatic carbocycles. The molecule has 0 N–H and O–H groups in total. The third-order valence-electron chi connectivity index (χ3n) is 5.86. The van der Waals surface area contributed by atoms with Gasteiger partial charge in [0.2, 0.25) is 0 Å². The molecule has 5 nitrogen and oxygen atoms in total. The number of hydrogen-bond donors (Lipinski definition) is 0. The standard InChI is InChI=1S/C26H25NO4/c1-2-3-8-24-25(22-17-21(27(29)30)15-16-23(22)31-24)26(28)20-13-11-19(12-14-20)10-9-18-6-4-5-7-18/h11-18H,2-8H2,1H3. The molecule has 31 heavy (non-hydrogen) atoms. The zero-order valence-electron chi connectivity index (χ0n) is 17.6. The predicted octanol–water partition coefficient (Wildman–Crippen LogP) is 6.46. The number of hydrogen-bond acceptors (Lipinski definition) is 4. The lowest BCUT2D eigenvalue weighted by molar-refractivity contribution is -0.384. The molecular weight excluding hydrogens is 390 g/mol. The second-order valence-corrected chi connectivity index (χ2v) is 8.10. The zero-order valence-corrected chi connectivity index (χ0v) is 17.6. The first kappa shape index (κ1) is 20.9. The number of nitrogens with zero attached hydrogens (tertiary/aromatic N) is 1. The van der Waals surface area contributed by atoms with Gasteiger partial charge in [0, 0.05) is 41.0 Å². The van der Waals surface area contributed by atoms with E-state index >= 15 is 0 Å². The molecule has 0 aliphatic heterocycles. The Labute approximate surface area is 181 Å². The van der Waals surface area contributed by atoms with Crippen molar-refractivity contribution in [2.75, 3.05) is 0 Å². The number of rotatable bonds is 6. The third kappa shape index (κ3) is 4.54. The van der Waals surface area contributed by atoms with Crippen LogP contribution in [0.15, 0.2) is 46.9 Å². The van der Waals surface area contributed by atoms with E-state index in [0.29, 0.717) is 40.2 Å². The average Bonchev–Trinajstić information content (AvgIpc) is 3.43. The van der Waals surface area contributed by atoms with Crippen molar-refractivity contribution in [1.29, 1.82) is 0 Å². The molecule has 5 heteroatoms. The summed E-state index contributed by atoms with van der Waals surface area (Å²) in [6.07, 6.45) is 7.30. The van der Waals surface area contributed by atoms with Gasteiger partial charge in [0.05, 0.1) is 10.5 Å². The van der Waals surface area contributed by atoms with Crippen LogP contribution in [-0.2, 0) is 6.42 Å². The van der Waals surface area contributed by atoms with Gasteiger partial charge in [0.1, 0.15) is 11.3 Å². The average molecular weight is 415 g/mol. The highest BCUT2D eigenvalue weighted by Gasteiger charge is 2.23. The van der Waals surface area contributed by atoms with E-state index in [2.05, 4.69) is 18.8 Å². The van der Waals surface area contributed by atoms with Crippen LogP contribution in [0.25, 0.3) is 11.0 Å². The lowest BCUT2D eigenvalue weighted by Crippen LogP contribution is -2.04. The number of non-ortho nitro benzene ring substituents is 1. The summed E-state index contributed by atoms with van der Waals surface area (Å²) in [5, 5.41) is 11.7. The molecule has 0 atom stereocenters. The summed E-state index contributed by atoms with van der Waals surface area (Å²) in [6, 6.07) is 11.7. The first-order valence-corrected chi connectivity index (χ1v) is 10.9. The van der Waals surface area contributed by atoms with Gasteiger partial charge in [0.25, 0.3) is 5.69 Å². The first-order chi connectivity index (χ1) is 15.1. The smallest absolute Gasteiger partial charge is 0.270 e. The molecule has 1 aliphatic carbocycles. The Kier molecular flexibility index (Phi) is 6.18. The number of nitro groups is 1. The Balaban J connectivity index is 1.68. The van der Waals surface area contributed by atoms with Crippen molar-refractivity contribution in [2.45, 2.75) is 51.9 Å². The number of aryl methyl sites for hydroxylation is 1. The van der Waals surface area contributed by atoms with Crippen molar-refractivity contribution in [2.24, 2.45) is 5.92 Å². The maximum absolute atomic E-state index is 13.4. The van der Waals surface area contributed by atoms with E-state index in [0.717, 1.165) is 18.4 Å². The SMILES string of the molecule is CCCCc1oc2ccc([N+](=O)[O-])cc2c1C(=O)c1ccc(C#CC2CCCC2)cc1. The van der Waals surface area contributed by atoms with Crippen LogP contribution in [0.2, 0.25) is 0 Å². The van der Waals surface area contributed by atoms with Gasteiger partial charge >= 0.3 is 0 Å². The predicted molar refractivity (Wildman–Crippen MR) is 120 cm³/mol. The molecule has 1 aromatic heterocycles. The van der Waals surface area contributed by atoms with Crippen LogP contribution in [0.1, 0.15) is 72.7 Å². The molecule has 1 saturated carbocycles. The number of nitro benzene ring substituents is 1. The van der Waals surface area contributed by atoms with E-state index in [4.69, 9.17) is 4.42 Å². The molecule has 0 spiro atoms. The van der Waals surface area contributed by atoms with Crippen LogP contribution in [0, 0.1) is 27.9 Å². The first-order valence-electron chi connectivity index (χ1n) is 10.9. The van der Waals surface area contributed by atoms with E-state index in [-0.39, 0.29) is 11.5 Å². The summed E-state index contributed by atoms with van der Waals surface area (Å²) >= 11 is 0. The zero-order chi connectivity index (χ0) is 21.8. The van der Waals surface area contributed by atoms with E-state index in [1.165, 1.54) is 37.8 Å². The molecule has 3 aromatic rings. The fraction of sp³-hybridized carbons (Fsp3) is 0.346. The minimum absolute atomic E-state index is 0.0538. The topological polar surface area (TPSA) is 73.3 Å². The van der Waals surface area contributed by atoms with Gasteiger partial charge in [-0.3, -0.25) is 14.9 Å². The second kappa shape index (κ2) is 9.18. The molecule has 4 rings (SSSR count). The second-order valence-electron chi connectivity index (χ2n) is 8.10. The quantitative estimate of drug-likeness (QED) is 0.200. The lowest BCUT2D eigenvalue weighted by atomic mass is 9.97.